The molecule has 0 radical (unpaired) electrons. The van der Waals surface area contributed by atoms with E-state index in [1.165, 1.54) is 11.8 Å². The number of carbonyl (C=O) groups is 4. The summed E-state index contributed by atoms with van der Waals surface area (Å²) in [5, 5.41) is 26.3. The minimum atomic E-state index is -1.21. The van der Waals surface area contributed by atoms with Gasteiger partial charge in [0.1, 0.15) is 24.2 Å². The molecule has 0 bridgehead atoms. The van der Waals surface area contributed by atoms with Crippen LogP contribution in [0.4, 0.5) is 0 Å². The molecule has 0 saturated heterocycles. The Hall–Kier alpha value is -2.67. The van der Waals surface area contributed by atoms with Crippen molar-refractivity contribution >= 4 is 35.5 Å². The van der Waals surface area contributed by atoms with Gasteiger partial charge in [0, 0.05) is 6.42 Å². The molecule has 0 aliphatic rings. The molecule has 0 aliphatic carbocycles. The Labute approximate surface area is 209 Å². The number of benzene rings is 1. The first kappa shape index (κ1) is 30.4. The SMILES string of the molecule is CSCC[C@H](NC(=O)[C@H](CCCCN)NC(=O)[C@H](Cc1ccccc1)NC(=O)[C@@H](N)CO)C(=O)O. The fourth-order valence-electron chi connectivity index (χ4n) is 3.22. The van der Waals surface area contributed by atoms with Crippen molar-refractivity contribution in [2.45, 2.75) is 56.3 Å². The van der Waals surface area contributed by atoms with Crippen LogP contribution in [0, 0.1) is 0 Å². The first-order chi connectivity index (χ1) is 16.7. The minimum absolute atomic E-state index is 0.124. The third-order valence-corrected chi connectivity index (χ3v) is 5.90. The molecule has 35 heavy (non-hydrogen) atoms. The molecule has 11 nitrogen and oxygen atoms in total. The van der Waals surface area contributed by atoms with E-state index in [2.05, 4.69) is 16.0 Å². The van der Waals surface area contributed by atoms with Crippen molar-refractivity contribution < 1.29 is 29.4 Å². The van der Waals surface area contributed by atoms with Gasteiger partial charge < -0.3 is 37.6 Å². The number of aliphatic carboxylic acids is 1. The lowest BCUT2D eigenvalue weighted by Crippen LogP contribution is -2.58. The van der Waals surface area contributed by atoms with Gasteiger partial charge in [0.05, 0.1) is 6.61 Å². The van der Waals surface area contributed by atoms with Gasteiger partial charge >= 0.3 is 5.97 Å². The van der Waals surface area contributed by atoms with E-state index in [9.17, 15) is 29.4 Å². The number of carbonyl (C=O) groups excluding carboxylic acids is 3. The van der Waals surface area contributed by atoms with E-state index in [1.807, 2.05) is 12.3 Å². The van der Waals surface area contributed by atoms with Gasteiger partial charge in [-0.2, -0.15) is 11.8 Å². The number of nitrogens with one attached hydrogen (secondary N) is 3. The molecule has 0 fully saturated rings. The molecule has 4 atom stereocenters. The summed E-state index contributed by atoms with van der Waals surface area (Å²) in [5.74, 6) is -2.59. The van der Waals surface area contributed by atoms with E-state index in [1.54, 1.807) is 24.3 Å². The molecular formula is C23H37N5O6S. The lowest BCUT2D eigenvalue weighted by molar-refractivity contribution is -0.142. The summed E-state index contributed by atoms with van der Waals surface area (Å²) in [7, 11) is 0. The van der Waals surface area contributed by atoms with Crippen LogP contribution < -0.4 is 27.4 Å². The summed E-state index contributed by atoms with van der Waals surface area (Å²) in [6.45, 7) is -0.193. The standard InChI is InChI=1S/C23H37N5O6S/c1-35-12-10-18(23(33)34)27-21(31)17(9-5-6-11-24)26-22(32)19(28-20(30)16(25)14-29)13-15-7-3-2-4-8-15/h2-4,7-8,16-19,29H,5-6,9-14,24-25H2,1H3,(H,26,32)(H,27,31)(H,28,30)(H,33,34)/t16-,17-,18-,19-/m0/s1. The first-order valence-electron chi connectivity index (χ1n) is 11.5. The second-order valence-electron chi connectivity index (χ2n) is 8.07. The zero-order chi connectivity index (χ0) is 26.2. The van der Waals surface area contributed by atoms with E-state index in [0.29, 0.717) is 25.1 Å². The highest BCUT2D eigenvalue weighted by Gasteiger charge is 2.30. The Morgan fingerprint density at radius 1 is 0.914 bits per heavy atom. The molecule has 0 unspecified atom stereocenters. The highest BCUT2D eigenvalue weighted by atomic mass is 32.2. The van der Waals surface area contributed by atoms with Crippen LogP contribution in [0.1, 0.15) is 31.2 Å². The summed E-state index contributed by atoms with van der Waals surface area (Å²) in [6, 6.07) is 4.56. The quantitative estimate of drug-likeness (QED) is 0.128. The number of thioether (sulfide) groups is 1. The summed E-state index contributed by atoms with van der Waals surface area (Å²) in [5.41, 5.74) is 11.9. The number of aliphatic hydroxyl groups is 1. The number of rotatable bonds is 17. The molecule has 1 rings (SSSR count). The van der Waals surface area contributed by atoms with E-state index in [-0.39, 0.29) is 19.3 Å². The van der Waals surface area contributed by atoms with Gasteiger partial charge in [0.25, 0.3) is 0 Å². The Balaban J connectivity index is 3.04. The maximum atomic E-state index is 13.2. The second kappa shape index (κ2) is 16.9. The van der Waals surface area contributed by atoms with E-state index in [4.69, 9.17) is 11.5 Å². The van der Waals surface area contributed by atoms with Crippen molar-refractivity contribution in [1.29, 1.82) is 0 Å². The van der Waals surface area contributed by atoms with Crippen molar-refractivity contribution in [3.05, 3.63) is 35.9 Å². The van der Waals surface area contributed by atoms with Crippen molar-refractivity contribution in [3.8, 4) is 0 Å². The maximum absolute atomic E-state index is 13.2. The lowest BCUT2D eigenvalue weighted by Gasteiger charge is -2.25. The fraction of sp³-hybridized carbons (Fsp3) is 0.565. The molecular weight excluding hydrogens is 474 g/mol. The number of amides is 3. The number of carboxylic acids is 1. The molecule has 0 heterocycles. The van der Waals surface area contributed by atoms with E-state index >= 15 is 0 Å². The van der Waals surface area contributed by atoms with Gasteiger partial charge in [0.2, 0.25) is 17.7 Å². The molecule has 9 N–H and O–H groups in total. The average molecular weight is 512 g/mol. The largest absolute Gasteiger partial charge is 0.480 e. The third kappa shape index (κ3) is 11.5. The molecule has 0 saturated carbocycles. The zero-order valence-corrected chi connectivity index (χ0v) is 20.8. The number of nitrogens with two attached hydrogens (primary N) is 2. The first-order valence-corrected chi connectivity index (χ1v) is 12.9. The molecule has 1 aromatic rings. The predicted molar refractivity (Wildman–Crippen MR) is 135 cm³/mol. The second-order valence-corrected chi connectivity index (χ2v) is 9.05. The highest BCUT2D eigenvalue weighted by molar-refractivity contribution is 7.98. The Bertz CT molecular complexity index is 813. The Morgan fingerprint density at radius 2 is 1.51 bits per heavy atom. The van der Waals surface area contributed by atoms with Gasteiger partial charge in [-0.15, -0.1) is 0 Å². The summed E-state index contributed by atoms with van der Waals surface area (Å²) in [4.78, 5) is 50.0. The molecule has 12 heteroatoms. The van der Waals surface area contributed by atoms with Gasteiger partial charge in [-0.05, 0) is 49.8 Å². The van der Waals surface area contributed by atoms with Crippen molar-refractivity contribution in [2.75, 3.05) is 25.2 Å². The molecule has 196 valence electrons. The Kier molecular flexibility index (Phi) is 14.6. The van der Waals surface area contributed by atoms with Crippen LogP contribution in [-0.2, 0) is 25.6 Å². The topological polar surface area (TPSA) is 197 Å². The zero-order valence-electron chi connectivity index (χ0n) is 19.9. The maximum Gasteiger partial charge on any atom is 0.326 e. The summed E-state index contributed by atoms with van der Waals surface area (Å²) in [6.07, 6.45) is 3.58. The van der Waals surface area contributed by atoms with Gasteiger partial charge in [-0.1, -0.05) is 30.3 Å². The van der Waals surface area contributed by atoms with Crippen LogP contribution >= 0.6 is 11.8 Å². The number of unbranched alkanes of at least 4 members (excludes halogenated alkanes) is 1. The molecule has 0 spiro atoms. The van der Waals surface area contributed by atoms with Crippen LogP contribution in [0.2, 0.25) is 0 Å². The van der Waals surface area contributed by atoms with Gasteiger partial charge in [-0.25, -0.2) is 4.79 Å². The fourth-order valence-corrected chi connectivity index (χ4v) is 3.69. The summed E-state index contributed by atoms with van der Waals surface area (Å²) >= 11 is 1.46. The van der Waals surface area contributed by atoms with Crippen LogP contribution in [0.25, 0.3) is 0 Å². The minimum Gasteiger partial charge on any atom is -0.480 e. The van der Waals surface area contributed by atoms with Crippen LogP contribution in [-0.4, -0.2) is 83.2 Å². The van der Waals surface area contributed by atoms with Crippen LogP contribution in [0.15, 0.2) is 30.3 Å². The number of hydrogen-bond donors (Lipinski definition) is 7. The Morgan fingerprint density at radius 3 is 2.09 bits per heavy atom. The monoisotopic (exact) mass is 511 g/mol. The predicted octanol–water partition coefficient (Wildman–Crippen LogP) is -1.03. The number of hydrogen-bond acceptors (Lipinski definition) is 8. The van der Waals surface area contributed by atoms with E-state index < -0.39 is 54.5 Å². The molecule has 3 amide bonds. The number of carboxylic acid groups (broad SMARTS) is 1. The van der Waals surface area contributed by atoms with Crippen molar-refractivity contribution in [2.24, 2.45) is 11.5 Å². The van der Waals surface area contributed by atoms with Crippen molar-refractivity contribution in [3.63, 3.8) is 0 Å². The number of aliphatic hydroxyl groups excluding tert-OH is 1. The average Bonchev–Trinajstić information content (AvgIpc) is 2.85. The van der Waals surface area contributed by atoms with Crippen molar-refractivity contribution in [1.82, 2.24) is 16.0 Å². The van der Waals surface area contributed by atoms with Crippen LogP contribution in [0.3, 0.4) is 0 Å². The van der Waals surface area contributed by atoms with Gasteiger partial charge in [-0.3, -0.25) is 14.4 Å². The third-order valence-electron chi connectivity index (χ3n) is 5.25. The molecule has 0 aromatic heterocycles. The smallest absolute Gasteiger partial charge is 0.326 e. The van der Waals surface area contributed by atoms with Gasteiger partial charge in [0.15, 0.2) is 0 Å². The lowest BCUT2D eigenvalue weighted by atomic mass is 10.0. The van der Waals surface area contributed by atoms with Crippen LogP contribution in [0.5, 0.6) is 0 Å². The molecule has 0 aliphatic heterocycles. The normalized spacial score (nSPS) is 14.3. The highest BCUT2D eigenvalue weighted by Crippen LogP contribution is 2.08. The van der Waals surface area contributed by atoms with E-state index in [0.717, 1.165) is 5.56 Å². The molecule has 1 aromatic carbocycles. The summed E-state index contributed by atoms with van der Waals surface area (Å²) < 4.78 is 0.